The molecule has 84 valence electrons. The van der Waals surface area contributed by atoms with Crippen molar-refractivity contribution in [1.29, 1.82) is 0 Å². The van der Waals surface area contributed by atoms with Gasteiger partial charge in [-0.15, -0.1) is 0 Å². The highest BCUT2D eigenvalue weighted by Crippen LogP contribution is 2.21. The van der Waals surface area contributed by atoms with E-state index >= 15 is 0 Å². The van der Waals surface area contributed by atoms with Crippen LogP contribution in [0.5, 0.6) is 5.75 Å². The molecule has 0 amide bonds. The number of nitrogens with one attached hydrogen (secondary N) is 1. The number of aromatic nitrogens is 1. The highest BCUT2D eigenvalue weighted by molar-refractivity contribution is 5.81. The van der Waals surface area contributed by atoms with Gasteiger partial charge in [-0.25, -0.2) is 4.98 Å². The molecule has 3 heteroatoms. The van der Waals surface area contributed by atoms with E-state index in [1.54, 1.807) is 0 Å². The van der Waals surface area contributed by atoms with Gasteiger partial charge in [0.1, 0.15) is 11.6 Å². The Kier molecular flexibility index (Phi) is 2.95. The minimum atomic E-state index is 0.196. The molecule has 0 aliphatic heterocycles. The fourth-order valence-corrected chi connectivity index (χ4v) is 1.59. The maximum atomic E-state index is 5.64. The molecule has 0 atom stereocenters. The van der Waals surface area contributed by atoms with Gasteiger partial charge in [-0.3, -0.25) is 0 Å². The Balaban J connectivity index is 2.39. The Bertz CT molecular complexity index is 494. The summed E-state index contributed by atoms with van der Waals surface area (Å²) in [6.45, 7) is 4.04. The number of anilines is 1. The SMILES string of the molecule is CNc1ccc2cc(OC(C)C)ccc2n1. The minimum Gasteiger partial charge on any atom is -0.491 e. The van der Waals surface area contributed by atoms with E-state index in [9.17, 15) is 0 Å². The summed E-state index contributed by atoms with van der Waals surface area (Å²) in [6, 6.07) is 9.95. The molecular formula is C13H16N2O. The van der Waals surface area contributed by atoms with Crippen molar-refractivity contribution < 1.29 is 4.74 Å². The molecule has 0 spiro atoms. The molecule has 0 fully saturated rings. The average molecular weight is 216 g/mol. The molecule has 2 aromatic rings. The molecule has 0 bridgehead atoms. The molecule has 2 rings (SSSR count). The third kappa shape index (κ3) is 2.24. The second kappa shape index (κ2) is 4.39. The molecule has 0 unspecified atom stereocenters. The first-order chi connectivity index (χ1) is 7.69. The Morgan fingerprint density at radius 1 is 1.19 bits per heavy atom. The second-order valence-corrected chi connectivity index (χ2v) is 3.97. The number of hydrogen-bond acceptors (Lipinski definition) is 3. The molecule has 16 heavy (non-hydrogen) atoms. The number of nitrogens with zero attached hydrogens (tertiary/aromatic N) is 1. The molecule has 0 radical (unpaired) electrons. The van der Waals surface area contributed by atoms with Crippen molar-refractivity contribution >= 4 is 16.7 Å². The summed E-state index contributed by atoms with van der Waals surface area (Å²) in [6.07, 6.45) is 0.196. The molecule has 0 saturated heterocycles. The lowest BCUT2D eigenvalue weighted by Crippen LogP contribution is -2.05. The number of pyridine rings is 1. The summed E-state index contributed by atoms with van der Waals surface area (Å²) in [5.41, 5.74) is 0.975. The highest BCUT2D eigenvalue weighted by Gasteiger charge is 2.01. The van der Waals surface area contributed by atoms with Crippen molar-refractivity contribution in [2.24, 2.45) is 0 Å². The average Bonchev–Trinajstić information content (AvgIpc) is 2.27. The van der Waals surface area contributed by atoms with Crippen LogP contribution in [0.3, 0.4) is 0 Å². The van der Waals surface area contributed by atoms with Crippen molar-refractivity contribution in [2.75, 3.05) is 12.4 Å². The predicted molar refractivity (Wildman–Crippen MR) is 67.1 cm³/mol. The van der Waals surface area contributed by atoms with Crippen molar-refractivity contribution in [3.8, 4) is 5.75 Å². The number of rotatable bonds is 3. The second-order valence-electron chi connectivity index (χ2n) is 3.97. The molecule has 0 aliphatic carbocycles. The number of ether oxygens (including phenoxy) is 1. The van der Waals surface area contributed by atoms with Crippen molar-refractivity contribution in [1.82, 2.24) is 4.98 Å². The van der Waals surface area contributed by atoms with Gasteiger partial charge in [0.05, 0.1) is 11.6 Å². The zero-order valence-electron chi connectivity index (χ0n) is 9.82. The van der Waals surface area contributed by atoms with E-state index in [1.165, 1.54) is 0 Å². The van der Waals surface area contributed by atoms with E-state index in [-0.39, 0.29) is 6.10 Å². The first-order valence-corrected chi connectivity index (χ1v) is 5.44. The van der Waals surface area contributed by atoms with Gasteiger partial charge in [0.25, 0.3) is 0 Å². The Morgan fingerprint density at radius 3 is 2.69 bits per heavy atom. The third-order valence-electron chi connectivity index (χ3n) is 2.29. The Hall–Kier alpha value is -1.77. The molecule has 0 aliphatic rings. The van der Waals surface area contributed by atoms with Gasteiger partial charge < -0.3 is 10.1 Å². The van der Waals surface area contributed by atoms with Crippen LogP contribution in [0, 0.1) is 0 Å². The van der Waals surface area contributed by atoms with E-state index in [0.29, 0.717) is 0 Å². The van der Waals surface area contributed by atoms with Crippen molar-refractivity contribution in [3.05, 3.63) is 30.3 Å². The molecule has 1 heterocycles. The first kappa shape index (κ1) is 10.7. The van der Waals surface area contributed by atoms with Gasteiger partial charge in [0.15, 0.2) is 0 Å². The number of benzene rings is 1. The van der Waals surface area contributed by atoms with Crippen LogP contribution in [0.15, 0.2) is 30.3 Å². The van der Waals surface area contributed by atoms with Crippen LogP contribution in [-0.2, 0) is 0 Å². The number of hydrogen-bond donors (Lipinski definition) is 1. The van der Waals surface area contributed by atoms with Crippen LogP contribution in [0.25, 0.3) is 10.9 Å². The van der Waals surface area contributed by atoms with Crippen molar-refractivity contribution in [2.45, 2.75) is 20.0 Å². The predicted octanol–water partition coefficient (Wildman–Crippen LogP) is 3.06. The lowest BCUT2D eigenvalue weighted by atomic mass is 10.2. The van der Waals surface area contributed by atoms with Gasteiger partial charge >= 0.3 is 0 Å². The maximum absolute atomic E-state index is 5.64. The van der Waals surface area contributed by atoms with Crippen LogP contribution in [0.4, 0.5) is 5.82 Å². The van der Waals surface area contributed by atoms with Crippen LogP contribution in [-0.4, -0.2) is 18.1 Å². The van der Waals surface area contributed by atoms with Gasteiger partial charge in [0.2, 0.25) is 0 Å². The van der Waals surface area contributed by atoms with E-state index in [0.717, 1.165) is 22.5 Å². The summed E-state index contributed by atoms with van der Waals surface area (Å²) in [4.78, 5) is 4.45. The van der Waals surface area contributed by atoms with Gasteiger partial charge in [-0.2, -0.15) is 0 Å². The van der Waals surface area contributed by atoms with E-state index in [2.05, 4.69) is 10.3 Å². The molecular weight excluding hydrogens is 200 g/mol. The molecule has 3 nitrogen and oxygen atoms in total. The van der Waals surface area contributed by atoms with E-state index in [4.69, 9.17) is 4.74 Å². The standard InChI is InChI=1S/C13H16N2O/c1-9(2)16-11-5-6-12-10(8-11)4-7-13(14-3)15-12/h4-9H,1-3H3,(H,14,15). The van der Waals surface area contributed by atoms with E-state index in [1.807, 2.05) is 51.2 Å². The molecule has 1 aromatic carbocycles. The molecule has 1 N–H and O–H groups in total. The fraction of sp³-hybridized carbons (Fsp3) is 0.308. The third-order valence-corrected chi connectivity index (χ3v) is 2.29. The van der Waals surface area contributed by atoms with Crippen molar-refractivity contribution in [3.63, 3.8) is 0 Å². The molecule has 1 aromatic heterocycles. The fourth-order valence-electron chi connectivity index (χ4n) is 1.59. The maximum Gasteiger partial charge on any atom is 0.126 e. The quantitative estimate of drug-likeness (QED) is 0.856. The van der Waals surface area contributed by atoms with Crippen LogP contribution >= 0.6 is 0 Å². The highest BCUT2D eigenvalue weighted by atomic mass is 16.5. The largest absolute Gasteiger partial charge is 0.491 e. The summed E-state index contributed by atoms with van der Waals surface area (Å²) in [5.74, 6) is 1.77. The summed E-state index contributed by atoms with van der Waals surface area (Å²) in [7, 11) is 1.87. The lowest BCUT2D eigenvalue weighted by Gasteiger charge is -2.10. The monoisotopic (exact) mass is 216 g/mol. The summed E-state index contributed by atoms with van der Waals surface area (Å²) >= 11 is 0. The van der Waals surface area contributed by atoms with Crippen LogP contribution in [0.2, 0.25) is 0 Å². The summed E-state index contributed by atoms with van der Waals surface area (Å²) in [5, 5.41) is 4.12. The minimum absolute atomic E-state index is 0.196. The van der Waals surface area contributed by atoms with Crippen LogP contribution in [0.1, 0.15) is 13.8 Å². The lowest BCUT2D eigenvalue weighted by molar-refractivity contribution is 0.243. The topological polar surface area (TPSA) is 34.1 Å². The normalized spacial score (nSPS) is 10.8. The Morgan fingerprint density at radius 2 is 2.00 bits per heavy atom. The first-order valence-electron chi connectivity index (χ1n) is 5.44. The summed E-state index contributed by atoms with van der Waals surface area (Å²) < 4.78 is 5.64. The zero-order valence-corrected chi connectivity index (χ0v) is 9.82. The zero-order chi connectivity index (χ0) is 11.5. The van der Waals surface area contributed by atoms with Gasteiger partial charge in [-0.05, 0) is 44.2 Å². The number of fused-ring (bicyclic) bond motifs is 1. The van der Waals surface area contributed by atoms with Crippen LogP contribution < -0.4 is 10.1 Å². The van der Waals surface area contributed by atoms with Gasteiger partial charge in [-0.1, -0.05) is 0 Å². The Labute approximate surface area is 95.5 Å². The molecule has 0 saturated carbocycles. The van der Waals surface area contributed by atoms with Gasteiger partial charge in [0, 0.05) is 12.4 Å². The van der Waals surface area contributed by atoms with E-state index < -0.39 is 0 Å². The smallest absolute Gasteiger partial charge is 0.126 e.